The van der Waals surface area contributed by atoms with Gasteiger partial charge in [0.15, 0.2) is 0 Å². The molecule has 0 radical (unpaired) electrons. The van der Waals surface area contributed by atoms with E-state index in [0.717, 1.165) is 49.7 Å². The van der Waals surface area contributed by atoms with Gasteiger partial charge in [-0.3, -0.25) is 4.79 Å². The number of piperazine rings is 1. The van der Waals surface area contributed by atoms with Crippen molar-refractivity contribution in [1.29, 1.82) is 0 Å². The Morgan fingerprint density at radius 1 is 1.00 bits per heavy atom. The fourth-order valence-corrected chi connectivity index (χ4v) is 4.13. The Labute approximate surface area is 184 Å². The van der Waals surface area contributed by atoms with Gasteiger partial charge in [0.1, 0.15) is 11.6 Å². The molecule has 0 aliphatic carbocycles. The summed E-state index contributed by atoms with van der Waals surface area (Å²) in [6.07, 6.45) is 1.42. The van der Waals surface area contributed by atoms with E-state index in [1.165, 1.54) is 22.1 Å². The van der Waals surface area contributed by atoms with Crippen LogP contribution in [-0.4, -0.2) is 48.6 Å². The topological polar surface area (TPSA) is 45.7 Å². The van der Waals surface area contributed by atoms with E-state index in [-0.39, 0.29) is 5.91 Å². The highest BCUT2D eigenvalue weighted by atomic mass is 16.5. The molecule has 5 nitrogen and oxygen atoms in total. The van der Waals surface area contributed by atoms with E-state index in [9.17, 15) is 4.79 Å². The predicted octanol–water partition coefficient (Wildman–Crippen LogP) is 4.53. The first-order valence-corrected chi connectivity index (χ1v) is 11.2. The van der Waals surface area contributed by atoms with Crippen LogP contribution in [0.1, 0.15) is 30.0 Å². The number of pyridine rings is 1. The zero-order chi connectivity index (χ0) is 21.8. The van der Waals surface area contributed by atoms with Gasteiger partial charge in [-0.2, -0.15) is 0 Å². The van der Waals surface area contributed by atoms with Crippen LogP contribution in [0.25, 0.3) is 10.9 Å². The molecule has 0 unspecified atom stereocenters. The van der Waals surface area contributed by atoms with Crippen LogP contribution in [0.5, 0.6) is 5.75 Å². The van der Waals surface area contributed by atoms with E-state index in [1.807, 2.05) is 17.0 Å². The van der Waals surface area contributed by atoms with Crippen LogP contribution in [0.15, 0.2) is 48.5 Å². The van der Waals surface area contributed by atoms with Crippen LogP contribution in [0.4, 0.5) is 5.82 Å². The van der Waals surface area contributed by atoms with Gasteiger partial charge in [0, 0.05) is 31.6 Å². The molecule has 3 aromatic rings. The fraction of sp³-hybridized carbons (Fsp3) is 0.385. The molecule has 2 aromatic carbocycles. The second kappa shape index (κ2) is 9.38. The van der Waals surface area contributed by atoms with Gasteiger partial charge in [-0.05, 0) is 55.2 Å². The number of anilines is 1. The van der Waals surface area contributed by atoms with E-state index >= 15 is 0 Å². The van der Waals surface area contributed by atoms with Crippen LogP contribution in [0, 0.1) is 13.8 Å². The first-order chi connectivity index (χ1) is 15.0. The number of carbonyl (C=O) groups excluding carboxylic acids is 1. The molecule has 0 atom stereocenters. The minimum atomic E-state index is 0.156. The maximum atomic E-state index is 12.6. The van der Waals surface area contributed by atoms with E-state index in [1.54, 1.807) is 0 Å². The summed E-state index contributed by atoms with van der Waals surface area (Å²) in [5.41, 5.74) is 4.79. The van der Waals surface area contributed by atoms with E-state index in [0.29, 0.717) is 13.0 Å². The number of rotatable bonds is 6. The molecule has 0 bridgehead atoms. The number of para-hydroxylation sites is 1. The van der Waals surface area contributed by atoms with Gasteiger partial charge in [0.05, 0.1) is 18.5 Å². The molecule has 1 aromatic heterocycles. The molecule has 1 amide bonds. The molecule has 1 aliphatic heterocycles. The van der Waals surface area contributed by atoms with Crippen LogP contribution < -0.4 is 9.64 Å². The number of nitrogens with zero attached hydrogens (tertiary/aromatic N) is 3. The zero-order valence-corrected chi connectivity index (χ0v) is 18.7. The number of ether oxygens (including phenoxy) is 1. The first kappa shape index (κ1) is 21.2. The zero-order valence-electron chi connectivity index (χ0n) is 18.7. The summed E-state index contributed by atoms with van der Waals surface area (Å²) >= 11 is 0. The van der Waals surface area contributed by atoms with Gasteiger partial charge in [0.2, 0.25) is 5.91 Å². The van der Waals surface area contributed by atoms with E-state index < -0.39 is 0 Å². The maximum absolute atomic E-state index is 12.6. The summed E-state index contributed by atoms with van der Waals surface area (Å²) in [4.78, 5) is 21.8. The molecule has 1 saturated heterocycles. The quantitative estimate of drug-likeness (QED) is 0.591. The molecule has 0 saturated carbocycles. The summed E-state index contributed by atoms with van der Waals surface area (Å²) in [5, 5.41) is 1.21. The highest BCUT2D eigenvalue weighted by molar-refractivity contribution is 5.86. The highest BCUT2D eigenvalue weighted by Crippen LogP contribution is 2.25. The van der Waals surface area contributed by atoms with E-state index in [4.69, 9.17) is 9.72 Å². The summed E-state index contributed by atoms with van der Waals surface area (Å²) in [6.45, 7) is 9.83. The highest BCUT2D eigenvalue weighted by Gasteiger charge is 2.22. The van der Waals surface area contributed by atoms with Crippen molar-refractivity contribution >= 4 is 22.6 Å². The maximum Gasteiger partial charge on any atom is 0.226 e. The van der Waals surface area contributed by atoms with Crippen LogP contribution >= 0.6 is 0 Å². The standard InChI is InChI=1S/C26H31N3O2/c1-4-21-8-10-22(11-9-21)31-17-12-25(30)29-15-13-28(14-16-29)24-18-20(3)23-7-5-6-19(2)26(23)27-24/h5-11,18H,4,12-17H2,1-3H3. The number of aryl methyl sites for hydroxylation is 3. The number of benzene rings is 2. The third-order valence-electron chi connectivity index (χ3n) is 6.11. The normalized spacial score (nSPS) is 14.2. The number of fused-ring (bicyclic) bond motifs is 1. The Morgan fingerprint density at radius 3 is 2.45 bits per heavy atom. The summed E-state index contributed by atoms with van der Waals surface area (Å²) < 4.78 is 5.75. The average Bonchev–Trinajstić information content (AvgIpc) is 2.80. The Balaban J connectivity index is 1.30. The second-order valence-electron chi connectivity index (χ2n) is 8.23. The second-order valence-corrected chi connectivity index (χ2v) is 8.23. The van der Waals surface area contributed by atoms with Gasteiger partial charge >= 0.3 is 0 Å². The lowest BCUT2D eigenvalue weighted by Crippen LogP contribution is -2.49. The minimum absolute atomic E-state index is 0.156. The summed E-state index contributed by atoms with van der Waals surface area (Å²) in [5.74, 6) is 1.98. The molecule has 31 heavy (non-hydrogen) atoms. The Hall–Kier alpha value is -3.08. The number of aromatic nitrogens is 1. The smallest absolute Gasteiger partial charge is 0.226 e. The van der Waals surface area contributed by atoms with Crippen LogP contribution in [0.3, 0.4) is 0 Å². The third kappa shape index (κ3) is 4.82. The van der Waals surface area contributed by atoms with Crippen molar-refractivity contribution in [3.63, 3.8) is 0 Å². The summed E-state index contributed by atoms with van der Waals surface area (Å²) in [7, 11) is 0. The van der Waals surface area contributed by atoms with Crippen molar-refractivity contribution in [2.24, 2.45) is 0 Å². The lowest BCUT2D eigenvalue weighted by atomic mass is 10.1. The average molecular weight is 418 g/mol. The van der Waals surface area contributed by atoms with Crippen molar-refractivity contribution < 1.29 is 9.53 Å². The lowest BCUT2D eigenvalue weighted by molar-refractivity contribution is -0.132. The van der Waals surface area contributed by atoms with Crippen molar-refractivity contribution in [2.75, 3.05) is 37.7 Å². The molecular weight excluding hydrogens is 386 g/mol. The van der Waals surface area contributed by atoms with Crippen molar-refractivity contribution in [1.82, 2.24) is 9.88 Å². The van der Waals surface area contributed by atoms with Crippen molar-refractivity contribution in [2.45, 2.75) is 33.6 Å². The van der Waals surface area contributed by atoms with Gasteiger partial charge in [-0.25, -0.2) is 4.98 Å². The van der Waals surface area contributed by atoms with Crippen molar-refractivity contribution in [3.05, 3.63) is 65.2 Å². The summed E-state index contributed by atoms with van der Waals surface area (Å²) in [6, 6.07) is 16.6. The van der Waals surface area contributed by atoms with Gasteiger partial charge < -0.3 is 14.5 Å². The van der Waals surface area contributed by atoms with Gasteiger partial charge in [0.25, 0.3) is 0 Å². The third-order valence-corrected chi connectivity index (χ3v) is 6.11. The van der Waals surface area contributed by atoms with Gasteiger partial charge in [-0.15, -0.1) is 0 Å². The molecule has 4 rings (SSSR count). The fourth-order valence-electron chi connectivity index (χ4n) is 4.13. The van der Waals surface area contributed by atoms with Crippen LogP contribution in [-0.2, 0) is 11.2 Å². The molecular formula is C26H31N3O2. The molecule has 0 N–H and O–H groups in total. The predicted molar refractivity (Wildman–Crippen MR) is 126 cm³/mol. The molecule has 2 heterocycles. The Morgan fingerprint density at radius 2 is 1.74 bits per heavy atom. The number of carbonyl (C=O) groups is 1. The number of amides is 1. The number of hydrogen-bond donors (Lipinski definition) is 0. The van der Waals surface area contributed by atoms with Gasteiger partial charge in [-0.1, -0.05) is 37.3 Å². The largest absolute Gasteiger partial charge is 0.493 e. The molecule has 162 valence electrons. The molecule has 1 aliphatic rings. The lowest BCUT2D eigenvalue weighted by Gasteiger charge is -2.35. The van der Waals surface area contributed by atoms with Crippen molar-refractivity contribution in [3.8, 4) is 5.75 Å². The Kier molecular flexibility index (Phi) is 6.40. The molecule has 5 heteroatoms. The molecule has 0 spiro atoms. The SMILES string of the molecule is CCc1ccc(OCCC(=O)N2CCN(c3cc(C)c4cccc(C)c4n3)CC2)cc1. The van der Waals surface area contributed by atoms with E-state index in [2.05, 4.69) is 62.1 Å². The Bertz CT molecular complexity index is 1050. The molecule has 1 fully saturated rings. The monoisotopic (exact) mass is 417 g/mol. The minimum Gasteiger partial charge on any atom is -0.493 e. The first-order valence-electron chi connectivity index (χ1n) is 11.2. The van der Waals surface area contributed by atoms with Crippen LogP contribution in [0.2, 0.25) is 0 Å². The number of hydrogen-bond acceptors (Lipinski definition) is 4.